The van der Waals surface area contributed by atoms with Crippen molar-refractivity contribution >= 4 is 23.4 Å². The largest absolute Gasteiger partial charge is 0.493 e. The number of ether oxygens (including phenoxy) is 3. The highest BCUT2D eigenvalue weighted by molar-refractivity contribution is 5.95. The molecule has 0 aliphatic carbocycles. The summed E-state index contributed by atoms with van der Waals surface area (Å²) in [6.45, 7) is 3.80. The molecule has 32 heavy (non-hydrogen) atoms. The summed E-state index contributed by atoms with van der Waals surface area (Å²) in [5, 5.41) is 8.28. The van der Waals surface area contributed by atoms with Crippen LogP contribution in [0.15, 0.2) is 42.5 Å². The van der Waals surface area contributed by atoms with Gasteiger partial charge in [0.05, 0.1) is 7.11 Å². The highest BCUT2D eigenvalue weighted by atomic mass is 16.5. The summed E-state index contributed by atoms with van der Waals surface area (Å²) in [5.74, 6) is -0.101. The van der Waals surface area contributed by atoms with E-state index in [-0.39, 0.29) is 43.5 Å². The predicted octanol–water partition coefficient (Wildman–Crippen LogP) is 2.11. The number of hydrogen-bond donors (Lipinski definition) is 3. The van der Waals surface area contributed by atoms with Crippen molar-refractivity contribution in [1.82, 2.24) is 10.6 Å². The number of carbonyl (C=O) groups excluding carboxylic acids is 3. The Labute approximate surface area is 187 Å². The van der Waals surface area contributed by atoms with Gasteiger partial charge >= 0.3 is 0 Å². The average Bonchev–Trinajstić information content (AvgIpc) is 2.75. The van der Waals surface area contributed by atoms with Gasteiger partial charge in [0.1, 0.15) is 6.61 Å². The molecule has 0 unspecified atom stereocenters. The van der Waals surface area contributed by atoms with E-state index in [4.69, 9.17) is 14.2 Å². The van der Waals surface area contributed by atoms with Crippen LogP contribution in [0.25, 0.3) is 0 Å². The lowest BCUT2D eigenvalue weighted by molar-refractivity contribution is -0.123. The lowest BCUT2D eigenvalue weighted by Crippen LogP contribution is -2.34. The fourth-order valence-electron chi connectivity index (χ4n) is 2.81. The Hall–Kier alpha value is -3.59. The van der Waals surface area contributed by atoms with Crippen LogP contribution in [0.5, 0.6) is 11.5 Å². The zero-order chi connectivity index (χ0) is 23.5. The van der Waals surface area contributed by atoms with Crippen molar-refractivity contribution in [3.05, 3.63) is 53.6 Å². The first kappa shape index (κ1) is 24.7. The number of carbonyl (C=O) groups is 3. The summed E-state index contributed by atoms with van der Waals surface area (Å²) in [6.07, 6.45) is 0. The molecule has 0 atom stereocenters. The quantitative estimate of drug-likeness (QED) is 0.490. The molecule has 2 aromatic carbocycles. The van der Waals surface area contributed by atoms with Gasteiger partial charge in [-0.15, -0.1) is 0 Å². The van der Waals surface area contributed by atoms with E-state index in [0.29, 0.717) is 22.7 Å². The molecule has 172 valence electrons. The first-order valence-corrected chi connectivity index (χ1v) is 10.1. The van der Waals surface area contributed by atoms with Gasteiger partial charge in [0.2, 0.25) is 5.91 Å². The van der Waals surface area contributed by atoms with Gasteiger partial charge in [-0.1, -0.05) is 12.1 Å². The van der Waals surface area contributed by atoms with Crippen LogP contribution in [0.3, 0.4) is 0 Å². The molecule has 0 radical (unpaired) electrons. The molecule has 9 heteroatoms. The van der Waals surface area contributed by atoms with E-state index < -0.39 is 0 Å². The van der Waals surface area contributed by atoms with Crippen LogP contribution in [-0.4, -0.2) is 51.2 Å². The van der Waals surface area contributed by atoms with Crippen LogP contribution >= 0.6 is 0 Å². The smallest absolute Gasteiger partial charge is 0.258 e. The third-order valence-electron chi connectivity index (χ3n) is 4.17. The number of anilines is 1. The van der Waals surface area contributed by atoms with E-state index in [1.807, 2.05) is 19.9 Å². The SMILES string of the molecule is COCC(=O)Nc1cccc(CNC(=O)c2ccc(OCC(=O)NC(C)C)c(OC)c2)c1. The van der Waals surface area contributed by atoms with Gasteiger partial charge in [-0.2, -0.15) is 0 Å². The monoisotopic (exact) mass is 443 g/mol. The Bertz CT molecular complexity index is 945. The predicted molar refractivity (Wildman–Crippen MR) is 120 cm³/mol. The molecule has 0 aliphatic heterocycles. The third-order valence-corrected chi connectivity index (χ3v) is 4.17. The maximum absolute atomic E-state index is 12.6. The molecule has 3 N–H and O–H groups in total. The molecular weight excluding hydrogens is 414 g/mol. The van der Waals surface area contributed by atoms with E-state index in [2.05, 4.69) is 16.0 Å². The van der Waals surface area contributed by atoms with Crippen molar-refractivity contribution in [3.8, 4) is 11.5 Å². The molecule has 0 bridgehead atoms. The van der Waals surface area contributed by atoms with Crippen LogP contribution in [0.4, 0.5) is 5.69 Å². The van der Waals surface area contributed by atoms with Gasteiger partial charge in [0, 0.05) is 30.9 Å². The topological polar surface area (TPSA) is 115 Å². The maximum atomic E-state index is 12.6. The van der Waals surface area contributed by atoms with E-state index in [0.717, 1.165) is 5.56 Å². The highest BCUT2D eigenvalue weighted by Gasteiger charge is 2.13. The second-order valence-corrected chi connectivity index (χ2v) is 7.24. The van der Waals surface area contributed by atoms with Gasteiger partial charge in [-0.3, -0.25) is 14.4 Å². The van der Waals surface area contributed by atoms with Crippen molar-refractivity contribution in [2.24, 2.45) is 0 Å². The normalized spacial score (nSPS) is 10.4. The van der Waals surface area contributed by atoms with Crippen LogP contribution < -0.4 is 25.4 Å². The van der Waals surface area contributed by atoms with Crippen molar-refractivity contribution < 1.29 is 28.6 Å². The molecule has 3 amide bonds. The minimum absolute atomic E-state index is 0.0152. The highest BCUT2D eigenvalue weighted by Crippen LogP contribution is 2.28. The lowest BCUT2D eigenvalue weighted by atomic mass is 10.1. The van der Waals surface area contributed by atoms with Gasteiger partial charge in [0.25, 0.3) is 11.8 Å². The standard InChI is InChI=1S/C23H29N3O6/c1-15(2)25-22(28)14-32-19-9-8-17(11-20(19)31-4)23(29)24-12-16-6-5-7-18(10-16)26-21(27)13-30-3/h5-11,15H,12-14H2,1-4H3,(H,24,29)(H,25,28)(H,26,27). The van der Waals surface area contributed by atoms with Crippen LogP contribution in [0.2, 0.25) is 0 Å². The van der Waals surface area contributed by atoms with Crippen molar-refractivity contribution in [2.45, 2.75) is 26.4 Å². The summed E-state index contributed by atoms with van der Waals surface area (Å²) in [6, 6.07) is 11.9. The first-order valence-electron chi connectivity index (χ1n) is 10.1. The molecular formula is C23H29N3O6. The Morgan fingerprint density at radius 3 is 2.41 bits per heavy atom. The number of hydrogen-bond acceptors (Lipinski definition) is 6. The molecule has 0 aliphatic rings. The Kier molecular flexibility index (Phi) is 9.49. The van der Waals surface area contributed by atoms with Crippen molar-refractivity contribution in [1.29, 1.82) is 0 Å². The lowest BCUT2D eigenvalue weighted by Gasteiger charge is -2.13. The fourth-order valence-corrected chi connectivity index (χ4v) is 2.81. The first-order chi connectivity index (χ1) is 15.3. The van der Waals surface area contributed by atoms with Crippen molar-refractivity contribution in [2.75, 3.05) is 32.8 Å². The van der Waals surface area contributed by atoms with E-state index in [1.54, 1.807) is 36.4 Å². The van der Waals surface area contributed by atoms with Gasteiger partial charge in [0.15, 0.2) is 18.1 Å². The second kappa shape index (κ2) is 12.3. The summed E-state index contributed by atoms with van der Waals surface area (Å²) >= 11 is 0. The Balaban J connectivity index is 1.97. The van der Waals surface area contributed by atoms with Crippen LogP contribution in [-0.2, 0) is 20.9 Å². The van der Waals surface area contributed by atoms with Crippen molar-refractivity contribution in [3.63, 3.8) is 0 Å². The Morgan fingerprint density at radius 2 is 1.72 bits per heavy atom. The van der Waals surface area contributed by atoms with Gasteiger partial charge < -0.3 is 30.2 Å². The number of benzene rings is 2. The van der Waals surface area contributed by atoms with Gasteiger partial charge in [-0.25, -0.2) is 0 Å². The number of nitrogens with one attached hydrogen (secondary N) is 3. The minimum atomic E-state index is -0.304. The summed E-state index contributed by atoms with van der Waals surface area (Å²) in [7, 11) is 2.91. The number of amides is 3. The number of methoxy groups -OCH3 is 2. The van der Waals surface area contributed by atoms with Gasteiger partial charge in [-0.05, 0) is 49.7 Å². The Morgan fingerprint density at radius 1 is 0.938 bits per heavy atom. The fraction of sp³-hybridized carbons (Fsp3) is 0.348. The molecule has 0 aromatic heterocycles. The molecule has 2 rings (SSSR count). The maximum Gasteiger partial charge on any atom is 0.258 e. The van der Waals surface area contributed by atoms with Crippen LogP contribution in [0, 0.1) is 0 Å². The molecule has 9 nitrogen and oxygen atoms in total. The molecule has 0 spiro atoms. The average molecular weight is 444 g/mol. The zero-order valence-electron chi connectivity index (χ0n) is 18.7. The third kappa shape index (κ3) is 7.92. The molecule has 2 aromatic rings. The molecule has 0 saturated heterocycles. The summed E-state index contributed by atoms with van der Waals surface area (Å²) in [4.78, 5) is 36.0. The van der Waals surface area contributed by atoms with Crippen LogP contribution in [0.1, 0.15) is 29.8 Å². The second-order valence-electron chi connectivity index (χ2n) is 7.24. The van der Waals surface area contributed by atoms with E-state index >= 15 is 0 Å². The zero-order valence-corrected chi connectivity index (χ0v) is 18.7. The number of rotatable bonds is 11. The van der Waals surface area contributed by atoms with E-state index in [9.17, 15) is 14.4 Å². The molecule has 0 heterocycles. The molecule has 0 fully saturated rings. The summed E-state index contributed by atoms with van der Waals surface area (Å²) in [5.41, 5.74) is 1.81. The minimum Gasteiger partial charge on any atom is -0.493 e. The summed E-state index contributed by atoms with van der Waals surface area (Å²) < 4.78 is 15.6. The molecule has 0 saturated carbocycles. The van der Waals surface area contributed by atoms with E-state index in [1.165, 1.54) is 14.2 Å².